The van der Waals surface area contributed by atoms with Gasteiger partial charge in [-0.25, -0.2) is 29.9 Å². The third kappa shape index (κ3) is 10.9. The molecule has 2 aliphatic carbocycles. The van der Waals surface area contributed by atoms with E-state index in [0.717, 1.165) is 95.5 Å². The maximum Gasteiger partial charge on any atom is 0.164 e. The van der Waals surface area contributed by atoms with E-state index in [4.69, 9.17) is 39.4 Å². The highest BCUT2D eigenvalue weighted by atomic mass is 32.1. The van der Waals surface area contributed by atoms with Gasteiger partial charge < -0.3 is 18.6 Å². The number of aromatic nitrogens is 8. The van der Waals surface area contributed by atoms with Crippen LogP contribution in [0.5, 0.6) is 11.5 Å². The average Bonchev–Trinajstić information content (AvgIpc) is 1.40. The summed E-state index contributed by atoms with van der Waals surface area (Å²) in [6.45, 7) is 0. The molecule has 10 nitrogen and oxygen atoms in total. The van der Waals surface area contributed by atoms with Gasteiger partial charge in [-0.1, -0.05) is 273 Å². The maximum absolute atomic E-state index is 6.99. The minimum Gasteiger partial charge on any atom is -0.484 e. The van der Waals surface area contributed by atoms with E-state index in [9.17, 15) is 0 Å². The molecule has 4 atom stereocenters. The molecule has 4 aliphatic rings. The summed E-state index contributed by atoms with van der Waals surface area (Å²) in [5.74, 6) is 5.46. The van der Waals surface area contributed by atoms with Crippen molar-refractivity contribution in [1.29, 1.82) is 0 Å². The highest BCUT2D eigenvalue weighted by Gasteiger charge is 2.44. The Kier molecular flexibility index (Phi) is 15.4. The fourth-order valence-corrected chi connectivity index (χ4v) is 20.0. The molecule has 20 aromatic rings. The normalized spacial score (nSPS) is 15.4. The first kappa shape index (κ1) is 65.6. The lowest BCUT2D eigenvalue weighted by Crippen LogP contribution is -2.14. The second kappa shape index (κ2) is 26.7. The van der Waals surface area contributed by atoms with Crippen molar-refractivity contribution in [3.63, 3.8) is 0 Å². The van der Waals surface area contributed by atoms with Gasteiger partial charge in [-0.05, 0) is 113 Å². The van der Waals surface area contributed by atoms with Gasteiger partial charge in [0.15, 0.2) is 34.9 Å². The Bertz CT molecular complexity index is 7330. The number of benzene rings is 14. The van der Waals surface area contributed by atoms with Crippen LogP contribution in [0.2, 0.25) is 0 Å². The molecule has 12 heteroatoms. The van der Waals surface area contributed by atoms with Crippen LogP contribution >= 0.6 is 22.7 Å². The number of fused-ring (bicyclic) bond motifs is 20. The molecule has 0 N–H and O–H groups in total. The van der Waals surface area contributed by atoms with Gasteiger partial charge in [-0.2, -0.15) is 0 Å². The van der Waals surface area contributed by atoms with Crippen LogP contribution in [-0.2, 0) is 0 Å². The summed E-state index contributed by atoms with van der Waals surface area (Å²) in [7, 11) is 0. The second-order valence-electron chi connectivity index (χ2n) is 29.4. The zero-order valence-electron chi connectivity index (χ0n) is 61.2. The second-order valence-corrected chi connectivity index (χ2v) is 31.5. The van der Waals surface area contributed by atoms with Gasteiger partial charge in [-0.15, -0.1) is 22.7 Å². The van der Waals surface area contributed by atoms with Crippen molar-refractivity contribution in [2.45, 2.75) is 24.0 Å². The predicted molar refractivity (Wildman–Crippen MR) is 466 cm³/mol. The minimum atomic E-state index is -0.199. The number of hydrogen-bond acceptors (Lipinski definition) is 10. The van der Waals surface area contributed by atoms with Crippen molar-refractivity contribution in [2.75, 3.05) is 0 Å². The lowest BCUT2D eigenvalue weighted by atomic mass is 9.83. The number of rotatable bonds is 10. The topological polar surface area (TPSA) is 106 Å². The predicted octanol–water partition coefficient (Wildman–Crippen LogP) is 26.2. The van der Waals surface area contributed by atoms with Crippen LogP contribution in [0, 0.1) is 0 Å². The van der Waals surface area contributed by atoms with Gasteiger partial charge in [-0.3, -0.25) is 0 Å². The number of thiophene rings is 2. The Labute approximate surface area is 663 Å². The van der Waals surface area contributed by atoms with E-state index in [-0.39, 0.29) is 24.0 Å². The first-order valence-electron chi connectivity index (χ1n) is 38.5. The largest absolute Gasteiger partial charge is 0.484 e. The molecule has 536 valence electrons. The van der Waals surface area contributed by atoms with Crippen LogP contribution in [0.25, 0.3) is 176 Å². The van der Waals surface area contributed by atoms with Crippen molar-refractivity contribution < 1.29 is 9.47 Å². The summed E-state index contributed by atoms with van der Waals surface area (Å²) < 4.78 is 23.6. The molecule has 114 heavy (non-hydrogen) atoms. The summed E-state index contributed by atoms with van der Waals surface area (Å²) in [6, 6.07) is 119. The van der Waals surface area contributed by atoms with E-state index in [1.807, 2.05) is 12.1 Å². The molecule has 6 aromatic heterocycles. The smallest absolute Gasteiger partial charge is 0.164 e. The summed E-state index contributed by atoms with van der Waals surface area (Å²) in [5.41, 5.74) is 21.7. The van der Waals surface area contributed by atoms with Crippen LogP contribution in [0.4, 0.5) is 0 Å². The summed E-state index contributed by atoms with van der Waals surface area (Å²) in [5, 5.41) is 7.42. The van der Waals surface area contributed by atoms with Crippen LogP contribution in [0.1, 0.15) is 57.7 Å². The number of hydrogen-bond donors (Lipinski definition) is 0. The van der Waals surface area contributed by atoms with Crippen molar-refractivity contribution in [2.24, 2.45) is 0 Å². The molecule has 8 heterocycles. The van der Waals surface area contributed by atoms with E-state index < -0.39 is 0 Å². The molecular formula is C102H64N8O2S2. The fraction of sp³-hybridized carbons (Fsp3) is 0.0392. The zero-order chi connectivity index (χ0) is 74.9. The first-order chi connectivity index (χ1) is 56.5. The van der Waals surface area contributed by atoms with Crippen LogP contribution in [0.3, 0.4) is 0 Å². The maximum atomic E-state index is 6.99. The Hall–Kier alpha value is -14.3. The lowest BCUT2D eigenvalue weighted by Gasteiger charge is -2.22. The summed E-state index contributed by atoms with van der Waals surface area (Å²) in [4.78, 5) is 31.5. The summed E-state index contributed by atoms with van der Waals surface area (Å²) in [6.07, 6.45) is 8.77. The fourth-order valence-electron chi connectivity index (χ4n) is 17.7. The van der Waals surface area contributed by atoms with Gasteiger partial charge in [0.25, 0.3) is 0 Å². The Morgan fingerprint density at radius 3 is 1.07 bits per heavy atom. The number of nitrogens with zero attached hydrogens (tertiary/aromatic N) is 8. The molecule has 0 spiro atoms. The van der Waals surface area contributed by atoms with Gasteiger partial charge >= 0.3 is 0 Å². The molecule has 2 aliphatic heterocycles. The molecule has 0 fully saturated rings. The highest BCUT2D eigenvalue weighted by Crippen LogP contribution is 2.58. The van der Waals surface area contributed by atoms with Gasteiger partial charge in [0.05, 0.1) is 22.4 Å². The SMILES string of the molecule is C1=CC2c3c(cccc3-c3nc(-c4ccc(-c5ccccc5)cc4)nc(-c4ccc5c(c4)sc4ccccc45)n3)OC2c2c1n(-c1ccccc1)c1ccccc21.C1=CC2c3c(cccc3-c3nc(-c4cccc(-c5ccccc5)c4)nc(-c4ccc5c(c4)sc4ccccc45)n3)OC2c2c1n(-c1ccccc1)c1ccccc21. The Balaban J connectivity index is 0.000000135. The molecule has 4 unspecified atom stereocenters. The van der Waals surface area contributed by atoms with Gasteiger partial charge in [0.2, 0.25) is 0 Å². The quantitative estimate of drug-likeness (QED) is 0.133. The van der Waals surface area contributed by atoms with Crippen molar-refractivity contribution in [1.82, 2.24) is 39.0 Å². The van der Waals surface area contributed by atoms with Gasteiger partial charge in [0.1, 0.15) is 23.7 Å². The Morgan fingerprint density at radius 1 is 0.246 bits per heavy atom. The van der Waals surface area contributed by atoms with Crippen LogP contribution in [0.15, 0.2) is 352 Å². The monoisotopic (exact) mass is 1500 g/mol. The third-order valence-corrected chi connectivity index (χ3v) is 25.2. The van der Waals surface area contributed by atoms with E-state index in [1.54, 1.807) is 22.7 Å². The first-order valence-corrected chi connectivity index (χ1v) is 40.1. The van der Waals surface area contributed by atoms with Crippen LogP contribution < -0.4 is 9.47 Å². The number of ether oxygens (including phenoxy) is 2. The van der Waals surface area contributed by atoms with Crippen molar-refractivity contribution in [3.8, 4) is 113 Å². The van der Waals surface area contributed by atoms with Gasteiger partial charge in [0, 0.05) is 130 Å². The van der Waals surface area contributed by atoms with E-state index in [0.29, 0.717) is 34.9 Å². The molecule has 0 amide bonds. The lowest BCUT2D eigenvalue weighted by molar-refractivity contribution is 0.224. The molecule has 0 saturated carbocycles. The van der Waals surface area contributed by atoms with Crippen molar-refractivity contribution >= 4 is 97.0 Å². The summed E-state index contributed by atoms with van der Waals surface area (Å²) >= 11 is 3.60. The van der Waals surface area contributed by atoms with E-state index >= 15 is 0 Å². The van der Waals surface area contributed by atoms with E-state index in [1.165, 1.54) is 78.8 Å². The zero-order valence-corrected chi connectivity index (χ0v) is 62.8. The molecule has 24 rings (SSSR count). The molecule has 0 saturated heterocycles. The number of para-hydroxylation sites is 4. The molecule has 0 radical (unpaired) electrons. The minimum absolute atomic E-state index is 0.0255. The highest BCUT2D eigenvalue weighted by molar-refractivity contribution is 7.26. The molecule has 14 aromatic carbocycles. The standard InChI is InChI=1S/2C51H32N4OS/c1-3-13-31(14-4-1)32-15-11-16-33(29-32)49-52-50(34-25-26-37-36-19-8-10-24-44(36)57-45(37)30-34)54-51(53-49)40-21-12-23-43-46(40)39-27-28-42-47(48(39)56-43)38-20-7-9-22-41(38)55(42)35-17-5-2-6-18-35;1-3-12-31(13-4-1)32-22-24-33(25-23-32)49-52-50(34-26-27-37-36-16-8-10-21-44(36)57-45(37)30-34)54-51(53-49)40-18-11-20-43-46(40)39-28-29-42-47(48(39)56-43)38-17-7-9-19-41(38)55(42)35-14-5-2-6-15-35/h2*1-30,39,48H. The van der Waals surface area contributed by atoms with Crippen LogP contribution in [-0.4, -0.2) is 39.0 Å². The molecule has 0 bridgehead atoms. The third-order valence-electron chi connectivity index (χ3n) is 22.9. The van der Waals surface area contributed by atoms with E-state index in [2.05, 4.69) is 361 Å². The Morgan fingerprint density at radius 2 is 0.588 bits per heavy atom. The molecular weight excluding hydrogens is 1430 g/mol. The van der Waals surface area contributed by atoms with Crippen molar-refractivity contribution in [3.05, 3.63) is 386 Å². The average molecular weight is 1500 g/mol.